The molecule has 1 N–H and O–H groups in total. The van der Waals surface area contributed by atoms with Crippen LogP contribution in [0.2, 0.25) is 0 Å². The number of aromatic nitrogens is 1. The van der Waals surface area contributed by atoms with Crippen molar-refractivity contribution in [2.24, 2.45) is 0 Å². The smallest absolute Gasteiger partial charge is 0.322 e. The molecule has 2 aromatic rings. The predicted octanol–water partition coefficient (Wildman–Crippen LogP) is 4.10. The van der Waals surface area contributed by atoms with Crippen molar-refractivity contribution in [1.29, 1.82) is 0 Å². The van der Waals surface area contributed by atoms with Gasteiger partial charge in [-0.3, -0.25) is 0 Å². The molecule has 0 aliphatic heterocycles. The molecule has 1 fully saturated rings. The maximum Gasteiger partial charge on any atom is 0.322 e. The summed E-state index contributed by atoms with van der Waals surface area (Å²) in [6.45, 7) is 2.19. The molecule has 3 rings (SSSR count). The number of benzene rings is 1. The van der Waals surface area contributed by atoms with Crippen LogP contribution in [0.15, 0.2) is 34.9 Å². The van der Waals surface area contributed by atoms with Gasteiger partial charge in [0.25, 0.3) is 0 Å². The van der Waals surface area contributed by atoms with E-state index in [1.807, 2.05) is 0 Å². The highest BCUT2D eigenvalue weighted by Gasteiger charge is 2.27. The number of hydrogen-bond acceptors (Lipinski definition) is 3. The summed E-state index contributed by atoms with van der Waals surface area (Å²) >= 11 is 0. The number of amides is 2. The predicted molar refractivity (Wildman–Crippen MR) is 84.5 cm³/mol. The number of nitrogens with zero attached hydrogens (tertiary/aromatic N) is 2. The molecule has 2 amide bonds. The molecule has 1 heterocycles. The fourth-order valence-corrected chi connectivity index (χ4v) is 2.97. The number of carbonyl (C=O) groups is 1. The lowest BCUT2D eigenvalue weighted by molar-refractivity contribution is 0.183. The molecule has 0 radical (unpaired) electrons. The Balaban J connectivity index is 1.73. The summed E-state index contributed by atoms with van der Waals surface area (Å²) in [5, 5.41) is 2.84. The van der Waals surface area contributed by atoms with Crippen molar-refractivity contribution in [2.45, 2.75) is 45.2 Å². The minimum atomic E-state index is -0.325. The van der Waals surface area contributed by atoms with Crippen LogP contribution in [0.1, 0.15) is 37.3 Å². The lowest BCUT2D eigenvalue weighted by atomic mass is 10.2. The summed E-state index contributed by atoms with van der Waals surface area (Å²) < 4.78 is 18.2. The van der Waals surface area contributed by atoms with Crippen LogP contribution < -0.4 is 5.32 Å². The number of hydrogen-bond donors (Lipinski definition) is 1. The largest absolute Gasteiger partial charge is 0.449 e. The Kier molecular flexibility index (Phi) is 4.60. The number of carbonyl (C=O) groups excluding carboxylic acids is 1. The van der Waals surface area contributed by atoms with E-state index >= 15 is 0 Å². The van der Waals surface area contributed by atoms with Gasteiger partial charge in [-0.1, -0.05) is 12.8 Å². The van der Waals surface area contributed by atoms with E-state index in [-0.39, 0.29) is 17.9 Å². The SMILES string of the molecule is Cc1nc(CN(C(=O)Nc2ccc(F)cc2)C2CCCC2)co1. The van der Waals surface area contributed by atoms with Gasteiger partial charge in [-0.25, -0.2) is 14.2 Å². The number of aryl methyl sites for hydroxylation is 1. The normalized spacial score (nSPS) is 14.9. The fourth-order valence-electron chi connectivity index (χ4n) is 2.97. The lowest BCUT2D eigenvalue weighted by Gasteiger charge is -2.28. The molecule has 0 saturated heterocycles. The van der Waals surface area contributed by atoms with Crippen molar-refractivity contribution < 1.29 is 13.6 Å². The van der Waals surface area contributed by atoms with E-state index in [2.05, 4.69) is 10.3 Å². The van der Waals surface area contributed by atoms with Gasteiger partial charge in [0.15, 0.2) is 5.89 Å². The van der Waals surface area contributed by atoms with Crippen molar-refractivity contribution in [3.8, 4) is 0 Å². The quantitative estimate of drug-likeness (QED) is 0.923. The average molecular weight is 317 g/mol. The second-order valence-corrected chi connectivity index (χ2v) is 5.86. The third-order valence-corrected chi connectivity index (χ3v) is 4.12. The van der Waals surface area contributed by atoms with E-state index in [4.69, 9.17) is 4.42 Å². The van der Waals surface area contributed by atoms with E-state index in [1.165, 1.54) is 12.1 Å². The first kappa shape index (κ1) is 15.5. The molecule has 6 heteroatoms. The van der Waals surface area contributed by atoms with E-state index in [0.29, 0.717) is 18.1 Å². The number of oxazole rings is 1. The number of rotatable bonds is 4. The van der Waals surface area contributed by atoms with Gasteiger partial charge in [-0.2, -0.15) is 0 Å². The van der Waals surface area contributed by atoms with Gasteiger partial charge in [-0.05, 0) is 37.1 Å². The van der Waals surface area contributed by atoms with Gasteiger partial charge in [0.2, 0.25) is 0 Å². The molecule has 1 aromatic heterocycles. The van der Waals surface area contributed by atoms with E-state index in [1.54, 1.807) is 30.2 Å². The first-order valence-corrected chi connectivity index (χ1v) is 7.86. The summed E-state index contributed by atoms with van der Waals surface area (Å²) in [7, 11) is 0. The van der Waals surface area contributed by atoms with Gasteiger partial charge >= 0.3 is 6.03 Å². The Morgan fingerprint density at radius 3 is 2.65 bits per heavy atom. The summed E-state index contributed by atoms with van der Waals surface area (Å²) in [5.41, 5.74) is 1.32. The summed E-state index contributed by atoms with van der Waals surface area (Å²) in [4.78, 5) is 18.7. The molecular weight excluding hydrogens is 297 g/mol. The van der Waals surface area contributed by atoms with Crippen LogP contribution in [0.4, 0.5) is 14.9 Å². The number of nitrogens with one attached hydrogen (secondary N) is 1. The molecular formula is C17H20FN3O2. The Bertz CT molecular complexity index is 663. The first-order valence-electron chi connectivity index (χ1n) is 7.86. The highest BCUT2D eigenvalue weighted by atomic mass is 19.1. The highest BCUT2D eigenvalue weighted by molar-refractivity contribution is 5.89. The van der Waals surface area contributed by atoms with Gasteiger partial charge in [0.1, 0.15) is 12.1 Å². The Morgan fingerprint density at radius 2 is 2.04 bits per heavy atom. The number of urea groups is 1. The molecule has 1 saturated carbocycles. The van der Waals surface area contributed by atoms with Crippen LogP contribution >= 0.6 is 0 Å². The van der Waals surface area contributed by atoms with Crippen molar-refractivity contribution in [3.63, 3.8) is 0 Å². The Labute approximate surface area is 134 Å². The van der Waals surface area contributed by atoms with Crippen molar-refractivity contribution in [2.75, 3.05) is 5.32 Å². The molecule has 1 aromatic carbocycles. The average Bonchev–Trinajstić information content (AvgIpc) is 3.18. The standard InChI is InChI=1S/C17H20FN3O2/c1-12-19-15(11-23-12)10-21(16-4-2-3-5-16)17(22)20-14-8-6-13(18)7-9-14/h6-9,11,16H,2-5,10H2,1H3,(H,20,22). The van der Waals surface area contributed by atoms with E-state index in [0.717, 1.165) is 31.4 Å². The zero-order valence-corrected chi connectivity index (χ0v) is 13.1. The van der Waals surface area contributed by atoms with Crippen LogP contribution in [0, 0.1) is 12.7 Å². The van der Waals surface area contributed by atoms with E-state index in [9.17, 15) is 9.18 Å². The molecule has 0 unspecified atom stereocenters. The summed E-state index contributed by atoms with van der Waals surface area (Å²) in [6, 6.07) is 5.78. The summed E-state index contributed by atoms with van der Waals surface area (Å²) in [5.74, 6) is 0.263. The number of halogens is 1. The zero-order valence-electron chi connectivity index (χ0n) is 13.1. The second-order valence-electron chi connectivity index (χ2n) is 5.86. The molecule has 1 aliphatic rings. The van der Waals surface area contributed by atoms with Gasteiger partial charge in [-0.15, -0.1) is 0 Å². The van der Waals surface area contributed by atoms with Gasteiger partial charge in [0, 0.05) is 18.7 Å². The van der Waals surface area contributed by atoms with Crippen LogP contribution in [0.3, 0.4) is 0 Å². The highest BCUT2D eigenvalue weighted by Crippen LogP contribution is 2.25. The zero-order chi connectivity index (χ0) is 16.2. The second kappa shape index (κ2) is 6.81. The molecule has 122 valence electrons. The molecule has 0 atom stereocenters. The molecule has 0 spiro atoms. The third-order valence-electron chi connectivity index (χ3n) is 4.12. The Morgan fingerprint density at radius 1 is 1.35 bits per heavy atom. The van der Waals surface area contributed by atoms with Crippen LogP contribution in [-0.4, -0.2) is 22.0 Å². The maximum absolute atomic E-state index is 13.0. The summed E-state index contributed by atoms with van der Waals surface area (Å²) in [6.07, 6.45) is 5.83. The van der Waals surface area contributed by atoms with Gasteiger partial charge < -0.3 is 14.6 Å². The molecule has 1 aliphatic carbocycles. The van der Waals surface area contributed by atoms with Crippen LogP contribution in [0.25, 0.3) is 0 Å². The minimum Gasteiger partial charge on any atom is -0.449 e. The van der Waals surface area contributed by atoms with Gasteiger partial charge in [0.05, 0.1) is 12.2 Å². The molecule has 5 nitrogen and oxygen atoms in total. The van der Waals surface area contributed by atoms with Crippen molar-refractivity contribution in [1.82, 2.24) is 9.88 Å². The third kappa shape index (κ3) is 3.88. The van der Waals surface area contributed by atoms with Crippen LogP contribution in [-0.2, 0) is 6.54 Å². The van der Waals surface area contributed by atoms with E-state index < -0.39 is 0 Å². The lowest BCUT2D eigenvalue weighted by Crippen LogP contribution is -2.41. The van der Waals surface area contributed by atoms with Crippen molar-refractivity contribution in [3.05, 3.63) is 47.9 Å². The monoisotopic (exact) mass is 317 g/mol. The first-order chi connectivity index (χ1) is 11.1. The molecule has 0 bridgehead atoms. The minimum absolute atomic E-state index is 0.191. The van der Waals surface area contributed by atoms with Crippen molar-refractivity contribution >= 4 is 11.7 Å². The molecule has 23 heavy (non-hydrogen) atoms. The fraction of sp³-hybridized carbons (Fsp3) is 0.412. The Hall–Kier alpha value is -2.37. The van der Waals surface area contributed by atoms with Crippen LogP contribution in [0.5, 0.6) is 0 Å². The number of anilines is 1. The topological polar surface area (TPSA) is 58.4 Å². The maximum atomic E-state index is 13.0.